The monoisotopic (exact) mass is 296 g/mol. The molecule has 1 heterocycles. The molecule has 0 aliphatic carbocycles. The van der Waals surface area contributed by atoms with Crippen molar-refractivity contribution < 1.29 is 0 Å². The van der Waals surface area contributed by atoms with Crippen LogP contribution in [0.5, 0.6) is 0 Å². The van der Waals surface area contributed by atoms with Crippen molar-refractivity contribution in [3.05, 3.63) is 48.0 Å². The third kappa shape index (κ3) is 3.08. The maximum absolute atomic E-state index is 4.46. The van der Waals surface area contributed by atoms with Crippen LogP contribution in [0.2, 0.25) is 0 Å². The van der Waals surface area contributed by atoms with E-state index < -0.39 is 0 Å². The molecule has 0 saturated heterocycles. The Morgan fingerprint density at radius 3 is 2.48 bits per heavy atom. The molecule has 106 valence electrons. The summed E-state index contributed by atoms with van der Waals surface area (Å²) in [6.45, 7) is 2.08. The first-order valence-electron chi connectivity index (χ1n) is 6.68. The summed E-state index contributed by atoms with van der Waals surface area (Å²) in [5.41, 5.74) is 4.18. The Morgan fingerprint density at radius 2 is 1.76 bits per heavy atom. The fourth-order valence-electron chi connectivity index (χ4n) is 1.98. The first-order chi connectivity index (χ1) is 10.1. The second kappa shape index (κ2) is 5.61. The zero-order valence-electron chi connectivity index (χ0n) is 12.2. The molecule has 21 heavy (non-hydrogen) atoms. The van der Waals surface area contributed by atoms with Crippen LogP contribution >= 0.6 is 11.3 Å². The maximum atomic E-state index is 4.46. The second-order valence-corrected chi connectivity index (χ2v) is 6.09. The SMILES string of the molecule is Cc1ccc2nc(N=Nc3ccc(N(C)C)cc3)sc2c1. The molecule has 0 spiro atoms. The number of benzene rings is 2. The van der Waals surface area contributed by atoms with E-state index in [2.05, 4.69) is 39.2 Å². The number of hydrogen-bond acceptors (Lipinski definition) is 5. The standard InChI is InChI=1S/C16H16N4S/c1-11-4-9-14-15(10-11)21-16(17-14)19-18-12-5-7-13(8-6-12)20(2)3/h4-10H,1-3H3. The molecule has 5 heteroatoms. The fraction of sp³-hybridized carbons (Fsp3) is 0.188. The van der Waals surface area contributed by atoms with Crippen molar-refractivity contribution in [3.8, 4) is 0 Å². The predicted octanol–water partition coefficient (Wildman–Crippen LogP) is 5.09. The minimum absolute atomic E-state index is 0.687. The second-order valence-electron chi connectivity index (χ2n) is 5.08. The van der Waals surface area contributed by atoms with Crippen molar-refractivity contribution in [2.45, 2.75) is 6.92 Å². The Morgan fingerprint density at radius 1 is 1.00 bits per heavy atom. The van der Waals surface area contributed by atoms with Gasteiger partial charge in [0, 0.05) is 19.8 Å². The number of nitrogens with zero attached hydrogens (tertiary/aromatic N) is 4. The molecule has 0 N–H and O–H groups in total. The number of anilines is 1. The van der Waals surface area contributed by atoms with Gasteiger partial charge in [0.25, 0.3) is 0 Å². The van der Waals surface area contributed by atoms with Crippen LogP contribution in [-0.4, -0.2) is 19.1 Å². The van der Waals surface area contributed by atoms with Crippen molar-refractivity contribution in [3.63, 3.8) is 0 Å². The van der Waals surface area contributed by atoms with Gasteiger partial charge in [0.15, 0.2) is 0 Å². The summed E-state index contributed by atoms with van der Waals surface area (Å²) >= 11 is 1.56. The van der Waals surface area contributed by atoms with E-state index in [4.69, 9.17) is 0 Å². The third-order valence-corrected chi connectivity index (χ3v) is 4.05. The average molecular weight is 296 g/mol. The zero-order valence-corrected chi connectivity index (χ0v) is 13.1. The quantitative estimate of drug-likeness (QED) is 0.632. The molecular formula is C16H16N4S. The Labute approximate surface area is 127 Å². The molecule has 4 nitrogen and oxygen atoms in total. The van der Waals surface area contributed by atoms with Gasteiger partial charge in [-0.1, -0.05) is 17.4 Å². The highest BCUT2D eigenvalue weighted by Gasteiger charge is 2.03. The van der Waals surface area contributed by atoms with Crippen LogP contribution in [0.1, 0.15) is 5.56 Å². The molecule has 0 aliphatic heterocycles. The van der Waals surface area contributed by atoms with Crippen LogP contribution in [-0.2, 0) is 0 Å². The number of thiazole rings is 1. The lowest BCUT2D eigenvalue weighted by Crippen LogP contribution is -2.07. The van der Waals surface area contributed by atoms with Gasteiger partial charge < -0.3 is 4.90 Å². The molecule has 0 amide bonds. The highest BCUT2D eigenvalue weighted by atomic mass is 32.1. The van der Waals surface area contributed by atoms with Crippen molar-refractivity contribution in [1.82, 2.24) is 4.98 Å². The van der Waals surface area contributed by atoms with E-state index >= 15 is 0 Å². The first kappa shape index (κ1) is 13.7. The molecule has 0 unspecified atom stereocenters. The summed E-state index contributed by atoms with van der Waals surface area (Å²) in [5, 5.41) is 9.17. The molecule has 0 radical (unpaired) electrons. The highest BCUT2D eigenvalue weighted by molar-refractivity contribution is 7.21. The molecule has 0 aliphatic rings. The first-order valence-corrected chi connectivity index (χ1v) is 7.50. The van der Waals surface area contributed by atoms with Gasteiger partial charge in [0.2, 0.25) is 5.13 Å². The van der Waals surface area contributed by atoms with Crippen LogP contribution in [0, 0.1) is 6.92 Å². The molecule has 0 saturated carbocycles. The van der Waals surface area contributed by atoms with E-state index in [-0.39, 0.29) is 0 Å². The summed E-state index contributed by atoms with van der Waals surface area (Å²) in [6, 6.07) is 14.2. The zero-order chi connectivity index (χ0) is 14.8. The van der Waals surface area contributed by atoms with Crippen molar-refractivity contribution in [2.24, 2.45) is 10.2 Å². The van der Waals surface area contributed by atoms with E-state index in [1.807, 2.05) is 44.4 Å². The van der Waals surface area contributed by atoms with E-state index in [0.717, 1.165) is 21.6 Å². The lowest BCUT2D eigenvalue weighted by molar-refractivity contribution is 1.13. The van der Waals surface area contributed by atoms with Gasteiger partial charge in [-0.05, 0) is 48.9 Å². The molecule has 2 aromatic carbocycles. The fourth-order valence-corrected chi connectivity index (χ4v) is 2.87. The number of fused-ring (bicyclic) bond motifs is 1. The number of aromatic nitrogens is 1. The molecule has 0 bridgehead atoms. The van der Waals surface area contributed by atoms with E-state index in [1.165, 1.54) is 5.56 Å². The summed E-state index contributed by atoms with van der Waals surface area (Å²) in [4.78, 5) is 6.52. The van der Waals surface area contributed by atoms with E-state index in [0.29, 0.717) is 5.13 Å². The lowest BCUT2D eigenvalue weighted by atomic mass is 10.2. The molecule has 0 atom stereocenters. The van der Waals surface area contributed by atoms with E-state index in [9.17, 15) is 0 Å². The van der Waals surface area contributed by atoms with Crippen molar-refractivity contribution >= 4 is 38.1 Å². The Balaban J connectivity index is 1.83. The van der Waals surface area contributed by atoms with E-state index in [1.54, 1.807) is 11.3 Å². The third-order valence-electron chi connectivity index (χ3n) is 3.15. The topological polar surface area (TPSA) is 40.9 Å². The minimum atomic E-state index is 0.687. The highest BCUT2D eigenvalue weighted by Crippen LogP contribution is 2.30. The van der Waals surface area contributed by atoms with Gasteiger partial charge in [-0.25, -0.2) is 4.98 Å². The number of rotatable bonds is 3. The molecule has 3 rings (SSSR count). The van der Waals surface area contributed by atoms with Crippen molar-refractivity contribution in [2.75, 3.05) is 19.0 Å². The summed E-state index contributed by atoms with van der Waals surface area (Å²) in [6.07, 6.45) is 0. The largest absolute Gasteiger partial charge is 0.378 e. The minimum Gasteiger partial charge on any atom is -0.378 e. The number of aryl methyl sites for hydroxylation is 1. The molecule has 3 aromatic rings. The van der Waals surface area contributed by atoms with Gasteiger partial charge in [-0.2, -0.15) is 0 Å². The van der Waals surface area contributed by atoms with Crippen molar-refractivity contribution in [1.29, 1.82) is 0 Å². The van der Waals surface area contributed by atoms with Crippen LogP contribution < -0.4 is 4.90 Å². The number of azo groups is 1. The number of hydrogen-bond donors (Lipinski definition) is 0. The maximum Gasteiger partial charge on any atom is 0.231 e. The van der Waals surface area contributed by atoms with Crippen LogP contribution in [0.3, 0.4) is 0 Å². The molecule has 0 fully saturated rings. The summed E-state index contributed by atoms with van der Waals surface area (Å²) in [7, 11) is 4.03. The normalized spacial score (nSPS) is 11.4. The van der Waals surface area contributed by atoms with Gasteiger partial charge >= 0.3 is 0 Å². The van der Waals surface area contributed by atoms with Gasteiger partial charge in [-0.3, -0.25) is 0 Å². The summed E-state index contributed by atoms with van der Waals surface area (Å²) in [5.74, 6) is 0. The predicted molar refractivity (Wildman–Crippen MR) is 89.3 cm³/mol. The van der Waals surface area contributed by atoms with Gasteiger partial charge in [0.1, 0.15) is 0 Å². The Hall–Kier alpha value is -2.27. The Bertz CT molecular complexity index is 788. The summed E-state index contributed by atoms with van der Waals surface area (Å²) < 4.78 is 1.15. The molecule has 1 aromatic heterocycles. The smallest absolute Gasteiger partial charge is 0.231 e. The Kier molecular flexibility index (Phi) is 3.66. The average Bonchev–Trinajstić information content (AvgIpc) is 2.87. The molecular weight excluding hydrogens is 280 g/mol. The van der Waals surface area contributed by atoms with Crippen LogP contribution in [0.25, 0.3) is 10.2 Å². The van der Waals surface area contributed by atoms with Crippen LogP contribution in [0.4, 0.5) is 16.5 Å². The lowest BCUT2D eigenvalue weighted by Gasteiger charge is -2.11. The van der Waals surface area contributed by atoms with Gasteiger partial charge in [-0.15, -0.1) is 10.2 Å². The van der Waals surface area contributed by atoms with Crippen LogP contribution in [0.15, 0.2) is 52.7 Å². The van der Waals surface area contributed by atoms with Gasteiger partial charge in [0.05, 0.1) is 15.9 Å².